The summed E-state index contributed by atoms with van der Waals surface area (Å²) >= 11 is 0. The van der Waals surface area contributed by atoms with E-state index in [-0.39, 0.29) is 12.5 Å². The number of carbonyl (C=O) groups is 2. The summed E-state index contributed by atoms with van der Waals surface area (Å²) < 4.78 is 0. The van der Waals surface area contributed by atoms with Crippen molar-refractivity contribution in [3.05, 3.63) is 60.2 Å². The number of aromatic nitrogens is 5. The van der Waals surface area contributed by atoms with Crippen molar-refractivity contribution in [1.29, 1.82) is 0 Å². The van der Waals surface area contributed by atoms with Gasteiger partial charge in [0.15, 0.2) is 0 Å². The van der Waals surface area contributed by atoms with E-state index in [0.717, 1.165) is 52.5 Å². The van der Waals surface area contributed by atoms with E-state index in [1.807, 2.05) is 54.6 Å². The highest BCUT2D eigenvalue weighted by Gasteiger charge is 2.25. The average Bonchev–Trinajstić information content (AvgIpc) is 3.41. The SMILES string of the molecule is CCCCCC(=O)N(Cc1ccc2nc(-c3ccccc3-c3nn[nH]n3)ccc2c1)[C@@H](C)C(=O)O. The van der Waals surface area contributed by atoms with Crippen molar-refractivity contribution in [2.24, 2.45) is 0 Å². The smallest absolute Gasteiger partial charge is 0.326 e. The molecule has 4 aromatic rings. The van der Waals surface area contributed by atoms with Gasteiger partial charge in [-0.2, -0.15) is 5.21 Å². The standard InChI is InChI=1S/C26H28N6O3/c1-3-4-5-10-24(33)32(17(2)26(34)35)16-18-11-13-22-19(15-18)12-14-23(27-22)20-8-6-7-9-21(20)25-28-30-31-29-25/h6-9,11-15,17H,3-5,10,16H2,1-2H3,(H,34,35)(H,28,29,30,31)/t17-/m0/s1. The number of hydrogen-bond acceptors (Lipinski definition) is 6. The van der Waals surface area contributed by atoms with Gasteiger partial charge >= 0.3 is 5.97 Å². The van der Waals surface area contributed by atoms with Crippen molar-refractivity contribution in [1.82, 2.24) is 30.5 Å². The van der Waals surface area contributed by atoms with Crippen LogP contribution in [0.5, 0.6) is 0 Å². The zero-order chi connectivity index (χ0) is 24.8. The van der Waals surface area contributed by atoms with Crippen molar-refractivity contribution >= 4 is 22.8 Å². The van der Waals surface area contributed by atoms with Crippen LogP contribution in [0.15, 0.2) is 54.6 Å². The summed E-state index contributed by atoms with van der Waals surface area (Å²) in [6.07, 6.45) is 3.06. The number of tetrazole rings is 1. The zero-order valence-electron chi connectivity index (χ0n) is 19.8. The maximum Gasteiger partial charge on any atom is 0.326 e. The number of carboxylic acid groups (broad SMARTS) is 1. The molecule has 2 aromatic carbocycles. The second kappa shape index (κ2) is 10.9. The van der Waals surface area contributed by atoms with Crippen molar-refractivity contribution in [3.63, 3.8) is 0 Å². The van der Waals surface area contributed by atoms with Gasteiger partial charge in [-0.05, 0) is 42.3 Å². The van der Waals surface area contributed by atoms with Crippen molar-refractivity contribution in [3.8, 4) is 22.6 Å². The average molecular weight is 473 g/mol. The molecule has 0 spiro atoms. The molecule has 35 heavy (non-hydrogen) atoms. The minimum absolute atomic E-state index is 0.139. The van der Waals surface area contributed by atoms with Gasteiger partial charge in [0.05, 0.1) is 11.2 Å². The lowest BCUT2D eigenvalue weighted by molar-refractivity contribution is -0.150. The maximum absolute atomic E-state index is 12.8. The highest BCUT2D eigenvalue weighted by atomic mass is 16.4. The van der Waals surface area contributed by atoms with Crippen LogP contribution in [0.4, 0.5) is 0 Å². The van der Waals surface area contributed by atoms with Crippen LogP contribution in [0.1, 0.15) is 45.1 Å². The first-order valence-electron chi connectivity index (χ1n) is 11.7. The fourth-order valence-electron chi connectivity index (χ4n) is 4.04. The van der Waals surface area contributed by atoms with E-state index in [9.17, 15) is 14.7 Å². The van der Waals surface area contributed by atoms with Gasteiger partial charge in [0, 0.05) is 29.5 Å². The van der Waals surface area contributed by atoms with Gasteiger partial charge in [-0.3, -0.25) is 4.79 Å². The first-order chi connectivity index (χ1) is 17.0. The van der Waals surface area contributed by atoms with E-state index in [1.165, 1.54) is 4.90 Å². The molecule has 2 aromatic heterocycles. The Bertz CT molecular complexity index is 1320. The number of H-pyrrole nitrogens is 1. The first kappa shape index (κ1) is 24.0. The van der Waals surface area contributed by atoms with Crippen LogP contribution < -0.4 is 0 Å². The molecular formula is C26H28N6O3. The number of aromatic amines is 1. The Morgan fingerprint density at radius 3 is 2.57 bits per heavy atom. The quantitative estimate of drug-likeness (QED) is 0.326. The molecule has 1 amide bonds. The van der Waals surface area contributed by atoms with Crippen LogP contribution in [-0.4, -0.2) is 53.5 Å². The Morgan fingerprint density at radius 2 is 1.86 bits per heavy atom. The molecule has 180 valence electrons. The lowest BCUT2D eigenvalue weighted by Crippen LogP contribution is -2.42. The normalized spacial score (nSPS) is 11.9. The third-order valence-electron chi connectivity index (χ3n) is 6.04. The summed E-state index contributed by atoms with van der Waals surface area (Å²) in [5.74, 6) is -0.657. The highest BCUT2D eigenvalue weighted by molar-refractivity contribution is 5.86. The summed E-state index contributed by atoms with van der Waals surface area (Å²) in [4.78, 5) is 30.7. The molecule has 2 heterocycles. The highest BCUT2D eigenvalue weighted by Crippen LogP contribution is 2.30. The van der Waals surface area contributed by atoms with Crippen LogP contribution in [0.25, 0.3) is 33.5 Å². The fourth-order valence-corrected chi connectivity index (χ4v) is 4.04. The van der Waals surface area contributed by atoms with Gasteiger partial charge < -0.3 is 10.0 Å². The monoisotopic (exact) mass is 472 g/mol. The molecule has 2 N–H and O–H groups in total. The van der Waals surface area contributed by atoms with Gasteiger partial charge in [-0.15, -0.1) is 10.2 Å². The van der Waals surface area contributed by atoms with Crippen LogP contribution in [0.2, 0.25) is 0 Å². The second-order valence-electron chi connectivity index (χ2n) is 8.50. The predicted octanol–water partition coefficient (Wildman–Crippen LogP) is 4.46. The molecular weight excluding hydrogens is 444 g/mol. The number of hydrogen-bond donors (Lipinski definition) is 2. The number of carboxylic acids is 1. The molecule has 0 saturated carbocycles. The molecule has 4 rings (SSSR count). The largest absolute Gasteiger partial charge is 0.480 e. The van der Waals surface area contributed by atoms with Crippen LogP contribution in [0, 0.1) is 0 Å². The number of amides is 1. The van der Waals surface area contributed by atoms with Crippen LogP contribution in [0.3, 0.4) is 0 Å². The van der Waals surface area contributed by atoms with E-state index in [4.69, 9.17) is 4.98 Å². The van der Waals surface area contributed by atoms with E-state index in [2.05, 4.69) is 27.5 Å². The number of carbonyl (C=O) groups excluding carboxylic acids is 1. The van der Waals surface area contributed by atoms with Crippen molar-refractivity contribution in [2.75, 3.05) is 0 Å². The summed E-state index contributed by atoms with van der Waals surface area (Å²) in [5, 5.41) is 24.8. The van der Waals surface area contributed by atoms with E-state index < -0.39 is 12.0 Å². The van der Waals surface area contributed by atoms with Crippen molar-refractivity contribution in [2.45, 2.75) is 52.1 Å². The lowest BCUT2D eigenvalue weighted by atomic mass is 10.0. The Morgan fingerprint density at radius 1 is 1.06 bits per heavy atom. The minimum Gasteiger partial charge on any atom is -0.480 e. The molecule has 0 bridgehead atoms. The van der Waals surface area contributed by atoms with Gasteiger partial charge in [0.1, 0.15) is 6.04 Å². The second-order valence-corrected chi connectivity index (χ2v) is 8.50. The number of pyridine rings is 1. The number of rotatable bonds is 10. The number of fused-ring (bicyclic) bond motifs is 1. The minimum atomic E-state index is -1.01. The number of aliphatic carboxylic acids is 1. The molecule has 0 aliphatic carbocycles. The molecule has 1 atom stereocenters. The number of benzene rings is 2. The molecule has 0 unspecified atom stereocenters. The summed E-state index contributed by atoms with van der Waals surface area (Å²) in [6, 6.07) is 16.5. The molecule has 0 radical (unpaired) electrons. The van der Waals surface area contributed by atoms with Crippen molar-refractivity contribution < 1.29 is 14.7 Å². The lowest BCUT2D eigenvalue weighted by Gasteiger charge is -2.27. The van der Waals surface area contributed by atoms with E-state index >= 15 is 0 Å². The fraction of sp³-hybridized carbons (Fsp3) is 0.308. The number of nitrogens with one attached hydrogen (secondary N) is 1. The topological polar surface area (TPSA) is 125 Å². The van der Waals surface area contributed by atoms with Gasteiger partial charge in [-0.1, -0.05) is 56.2 Å². The van der Waals surface area contributed by atoms with Crippen LogP contribution >= 0.6 is 0 Å². The summed E-state index contributed by atoms with van der Waals surface area (Å²) in [7, 11) is 0. The van der Waals surface area contributed by atoms with Gasteiger partial charge in [-0.25, -0.2) is 9.78 Å². The molecule has 0 aliphatic rings. The maximum atomic E-state index is 12.8. The van der Waals surface area contributed by atoms with E-state index in [0.29, 0.717) is 12.2 Å². The van der Waals surface area contributed by atoms with Gasteiger partial charge in [0.25, 0.3) is 0 Å². The first-order valence-corrected chi connectivity index (χ1v) is 11.7. The Labute approximate surface area is 203 Å². The summed E-state index contributed by atoms with van der Waals surface area (Å²) in [6.45, 7) is 3.85. The molecule has 0 fully saturated rings. The predicted molar refractivity (Wildman–Crippen MR) is 132 cm³/mol. The number of nitrogens with zero attached hydrogens (tertiary/aromatic N) is 5. The third kappa shape index (κ3) is 5.51. The van der Waals surface area contributed by atoms with E-state index in [1.54, 1.807) is 6.92 Å². The Balaban J connectivity index is 1.60. The molecule has 0 aliphatic heterocycles. The zero-order valence-corrected chi connectivity index (χ0v) is 19.8. The number of unbranched alkanes of at least 4 members (excludes halogenated alkanes) is 2. The van der Waals surface area contributed by atoms with Gasteiger partial charge in [0.2, 0.25) is 11.7 Å². The molecule has 9 heteroatoms. The molecule has 9 nitrogen and oxygen atoms in total. The Kier molecular flexibility index (Phi) is 7.45. The third-order valence-corrected chi connectivity index (χ3v) is 6.04. The summed E-state index contributed by atoms with van der Waals surface area (Å²) in [5.41, 5.74) is 4.14. The van der Waals surface area contributed by atoms with Crippen LogP contribution in [-0.2, 0) is 16.1 Å². The Hall–Kier alpha value is -4.14. The molecule has 0 saturated heterocycles.